The molecular formula is C19H17ClN2O2. The van der Waals surface area contributed by atoms with Crippen molar-refractivity contribution in [3.05, 3.63) is 76.9 Å². The van der Waals surface area contributed by atoms with Gasteiger partial charge >= 0.3 is 0 Å². The van der Waals surface area contributed by atoms with Crippen LogP contribution in [0.4, 0.5) is 0 Å². The third kappa shape index (κ3) is 3.72. The van der Waals surface area contributed by atoms with Crippen molar-refractivity contribution in [1.82, 2.24) is 9.88 Å². The van der Waals surface area contributed by atoms with Gasteiger partial charge in [-0.05, 0) is 35.9 Å². The van der Waals surface area contributed by atoms with Crippen LogP contribution in [0.3, 0.4) is 0 Å². The van der Waals surface area contributed by atoms with Gasteiger partial charge in [-0.15, -0.1) is 0 Å². The third-order valence-corrected chi connectivity index (χ3v) is 3.99. The molecule has 2 aromatic carbocycles. The standard InChI is InChI=1S/C19H17ClN2O2/c20-18-9-7-15-12-16(6-8-17(15)21-18)19(24)22(10-11-23)13-14-4-2-1-3-5-14/h1-9,12,23H,10-11,13H2. The largest absolute Gasteiger partial charge is 0.395 e. The molecule has 1 N–H and O–H groups in total. The number of hydrogen-bond acceptors (Lipinski definition) is 3. The molecule has 24 heavy (non-hydrogen) atoms. The van der Waals surface area contributed by atoms with Crippen molar-refractivity contribution in [1.29, 1.82) is 0 Å². The van der Waals surface area contributed by atoms with Crippen LogP contribution in [0.1, 0.15) is 15.9 Å². The van der Waals surface area contributed by atoms with Crippen molar-refractivity contribution in [2.45, 2.75) is 6.54 Å². The van der Waals surface area contributed by atoms with Crippen molar-refractivity contribution in [2.75, 3.05) is 13.2 Å². The molecule has 122 valence electrons. The second-order valence-corrected chi connectivity index (χ2v) is 5.86. The first-order chi connectivity index (χ1) is 11.7. The summed E-state index contributed by atoms with van der Waals surface area (Å²) < 4.78 is 0. The normalized spacial score (nSPS) is 10.8. The zero-order chi connectivity index (χ0) is 16.9. The number of aromatic nitrogens is 1. The van der Waals surface area contributed by atoms with E-state index in [1.54, 1.807) is 29.2 Å². The van der Waals surface area contributed by atoms with Gasteiger partial charge in [-0.1, -0.05) is 41.9 Å². The van der Waals surface area contributed by atoms with Gasteiger partial charge in [-0.2, -0.15) is 0 Å². The molecule has 0 atom stereocenters. The number of nitrogens with zero attached hydrogens (tertiary/aromatic N) is 2. The van der Waals surface area contributed by atoms with E-state index in [0.29, 0.717) is 17.3 Å². The number of halogens is 1. The summed E-state index contributed by atoms with van der Waals surface area (Å²) in [5, 5.41) is 10.6. The Morgan fingerprint density at radius 2 is 1.88 bits per heavy atom. The molecule has 1 heterocycles. The molecule has 0 unspecified atom stereocenters. The van der Waals surface area contributed by atoms with Gasteiger partial charge in [0.15, 0.2) is 0 Å². The first kappa shape index (κ1) is 16.4. The number of hydrogen-bond donors (Lipinski definition) is 1. The number of fused-ring (bicyclic) bond motifs is 1. The predicted molar refractivity (Wildman–Crippen MR) is 95.0 cm³/mol. The lowest BCUT2D eigenvalue weighted by Crippen LogP contribution is -2.33. The minimum absolute atomic E-state index is 0.0800. The van der Waals surface area contributed by atoms with Gasteiger partial charge in [-0.25, -0.2) is 4.98 Å². The highest BCUT2D eigenvalue weighted by Gasteiger charge is 2.16. The molecule has 1 amide bonds. The highest BCUT2D eigenvalue weighted by molar-refractivity contribution is 6.29. The molecule has 0 bridgehead atoms. The summed E-state index contributed by atoms with van der Waals surface area (Å²) in [5.41, 5.74) is 2.33. The van der Waals surface area contributed by atoms with Gasteiger partial charge in [0.1, 0.15) is 5.15 Å². The smallest absolute Gasteiger partial charge is 0.254 e. The number of amides is 1. The van der Waals surface area contributed by atoms with Crippen LogP contribution in [0.25, 0.3) is 10.9 Å². The Kier molecular flexibility index (Phi) is 5.08. The first-order valence-electron chi connectivity index (χ1n) is 7.68. The summed E-state index contributed by atoms with van der Waals surface area (Å²) in [5.74, 6) is -0.121. The van der Waals surface area contributed by atoms with E-state index >= 15 is 0 Å². The quantitative estimate of drug-likeness (QED) is 0.723. The number of pyridine rings is 1. The number of aliphatic hydroxyl groups is 1. The van der Waals surface area contributed by atoms with Crippen LogP contribution in [0, 0.1) is 0 Å². The maximum absolute atomic E-state index is 12.8. The molecule has 3 rings (SSSR count). The fraction of sp³-hybridized carbons (Fsp3) is 0.158. The van der Waals surface area contributed by atoms with Gasteiger partial charge in [0.25, 0.3) is 5.91 Å². The molecule has 5 heteroatoms. The maximum atomic E-state index is 12.8. The molecule has 0 saturated heterocycles. The van der Waals surface area contributed by atoms with Gasteiger partial charge in [-0.3, -0.25) is 4.79 Å². The molecule has 0 radical (unpaired) electrons. The SMILES string of the molecule is O=C(c1ccc2nc(Cl)ccc2c1)N(CCO)Cc1ccccc1. The van der Waals surface area contributed by atoms with Gasteiger partial charge in [0.2, 0.25) is 0 Å². The minimum Gasteiger partial charge on any atom is -0.395 e. The Bertz CT molecular complexity index is 852. The maximum Gasteiger partial charge on any atom is 0.254 e. The van der Waals surface area contributed by atoms with Gasteiger partial charge in [0.05, 0.1) is 12.1 Å². The van der Waals surface area contributed by atoms with E-state index in [1.165, 1.54) is 0 Å². The Labute approximate surface area is 145 Å². The molecule has 1 aromatic heterocycles. The van der Waals surface area contributed by atoms with Crippen molar-refractivity contribution >= 4 is 28.4 Å². The van der Waals surface area contributed by atoms with Crippen LogP contribution in [-0.2, 0) is 6.54 Å². The second-order valence-electron chi connectivity index (χ2n) is 5.48. The van der Waals surface area contributed by atoms with Crippen LogP contribution < -0.4 is 0 Å². The van der Waals surface area contributed by atoms with Crippen molar-refractivity contribution in [2.24, 2.45) is 0 Å². The Balaban J connectivity index is 1.87. The van der Waals surface area contributed by atoms with Crippen LogP contribution in [-0.4, -0.2) is 34.0 Å². The molecule has 0 saturated carbocycles. The lowest BCUT2D eigenvalue weighted by molar-refractivity contribution is 0.0708. The van der Waals surface area contributed by atoms with E-state index in [9.17, 15) is 9.90 Å². The summed E-state index contributed by atoms with van der Waals surface area (Å²) in [7, 11) is 0. The van der Waals surface area contributed by atoms with E-state index in [4.69, 9.17) is 11.6 Å². The number of aliphatic hydroxyl groups excluding tert-OH is 1. The van der Waals surface area contributed by atoms with Crippen LogP contribution >= 0.6 is 11.6 Å². The van der Waals surface area contributed by atoms with Gasteiger partial charge in [0, 0.05) is 24.0 Å². The van der Waals surface area contributed by atoms with E-state index in [-0.39, 0.29) is 19.1 Å². The zero-order valence-corrected chi connectivity index (χ0v) is 13.8. The highest BCUT2D eigenvalue weighted by atomic mass is 35.5. The Morgan fingerprint density at radius 1 is 1.08 bits per heavy atom. The first-order valence-corrected chi connectivity index (χ1v) is 8.05. The average molecular weight is 341 g/mol. The van der Waals surface area contributed by atoms with Crippen molar-refractivity contribution in [3.8, 4) is 0 Å². The molecule has 4 nitrogen and oxygen atoms in total. The number of carbonyl (C=O) groups is 1. The summed E-state index contributed by atoms with van der Waals surface area (Å²) in [6.07, 6.45) is 0. The van der Waals surface area contributed by atoms with Crippen molar-refractivity contribution < 1.29 is 9.90 Å². The minimum atomic E-state index is -0.121. The van der Waals surface area contributed by atoms with E-state index < -0.39 is 0 Å². The Morgan fingerprint density at radius 3 is 2.62 bits per heavy atom. The van der Waals surface area contributed by atoms with Crippen molar-refractivity contribution in [3.63, 3.8) is 0 Å². The molecule has 0 spiro atoms. The lowest BCUT2D eigenvalue weighted by Gasteiger charge is -2.22. The molecular weight excluding hydrogens is 324 g/mol. The number of carbonyl (C=O) groups excluding carboxylic acids is 1. The number of rotatable bonds is 5. The fourth-order valence-corrected chi connectivity index (χ4v) is 2.75. The summed E-state index contributed by atoms with van der Waals surface area (Å²) in [6, 6.07) is 18.6. The number of benzene rings is 2. The highest BCUT2D eigenvalue weighted by Crippen LogP contribution is 2.19. The lowest BCUT2D eigenvalue weighted by atomic mass is 10.1. The summed E-state index contributed by atoms with van der Waals surface area (Å²) >= 11 is 5.89. The average Bonchev–Trinajstić information content (AvgIpc) is 2.61. The predicted octanol–water partition coefficient (Wildman–Crippen LogP) is 3.52. The fourth-order valence-electron chi connectivity index (χ4n) is 2.59. The Hall–Kier alpha value is -2.43. The summed E-state index contributed by atoms with van der Waals surface area (Å²) in [4.78, 5) is 18.7. The van der Waals surface area contributed by atoms with Crippen LogP contribution in [0.2, 0.25) is 5.15 Å². The van der Waals surface area contributed by atoms with Crippen LogP contribution in [0.15, 0.2) is 60.7 Å². The topological polar surface area (TPSA) is 53.4 Å². The van der Waals surface area contributed by atoms with E-state index in [2.05, 4.69) is 4.98 Å². The molecule has 0 fully saturated rings. The van der Waals surface area contributed by atoms with E-state index in [1.807, 2.05) is 36.4 Å². The third-order valence-electron chi connectivity index (χ3n) is 3.78. The molecule has 0 aliphatic heterocycles. The second kappa shape index (κ2) is 7.43. The van der Waals surface area contributed by atoms with Gasteiger partial charge < -0.3 is 10.0 Å². The molecule has 0 aliphatic rings. The van der Waals surface area contributed by atoms with E-state index in [0.717, 1.165) is 16.5 Å². The monoisotopic (exact) mass is 340 g/mol. The van der Waals surface area contributed by atoms with Crippen LogP contribution in [0.5, 0.6) is 0 Å². The molecule has 0 aliphatic carbocycles. The summed E-state index contributed by atoms with van der Waals surface area (Å²) in [6.45, 7) is 0.658. The molecule has 3 aromatic rings. The zero-order valence-electron chi connectivity index (χ0n) is 13.0.